The van der Waals surface area contributed by atoms with Gasteiger partial charge in [-0.15, -0.1) is 0 Å². The van der Waals surface area contributed by atoms with Crippen molar-refractivity contribution in [3.8, 4) is 0 Å². The van der Waals surface area contributed by atoms with Gasteiger partial charge in [-0.25, -0.2) is 9.59 Å². The lowest BCUT2D eigenvalue weighted by Gasteiger charge is -2.35. The number of aromatic nitrogens is 2. The summed E-state index contributed by atoms with van der Waals surface area (Å²) in [5.74, 6) is -0.811. The molecule has 3 aromatic rings. The number of amides is 4. The van der Waals surface area contributed by atoms with Gasteiger partial charge in [0.05, 0.1) is 19.3 Å². The maximum atomic E-state index is 13.8. The van der Waals surface area contributed by atoms with Crippen molar-refractivity contribution in [3.63, 3.8) is 0 Å². The van der Waals surface area contributed by atoms with Gasteiger partial charge in [-0.05, 0) is 48.5 Å². The summed E-state index contributed by atoms with van der Waals surface area (Å²) in [4.78, 5) is 52.2. The molecule has 4 amide bonds. The van der Waals surface area contributed by atoms with Crippen molar-refractivity contribution < 1.29 is 28.7 Å². The number of hydrogen-bond acceptors (Lipinski definition) is 7. The molecule has 13 heteroatoms. The first-order valence-corrected chi connectivity index (χ1v) is 12.5. The van der Waals surface area contributed by atoms with Gasteiger partial charge in [0.1, 0.15) is 6.04 Å². The van der Waals surface area contributed by atoms with Crippen molar-refractivity contribution in [1.82, 2.24) is 20.4 Å². The van der Waals surface area contributed by atoms with Crippen LogP contribution in [0.2, 0.25) is 5.02 Å². The van der Waals surface area contributed by atoms with Crippen molar-refractivity contribution in [3.05, 3.63) is 76.6 Å². The molecule has 2 aliphatic heterocycles. The van der Waals surface area contributed by atoms with Crippen molar-refractivity contribution in [1.29, 1.82) is 0 Å². The number of halogens is 1. The largest absolute Gasteiger partial charge is 0.453 e. The van der Waals surface area contributed by atoms with Crippen LogP contribution >= 0.6 is 11.6 Å². The Kier molecular flexibility index (Phi) is 7.11. The van der Waals surface area contributed by atoms with Gasteiger partial charge in [-0.2, -0.15) is 5.10 Å². The molecule has 2 aliphatic rings. The summed E-state index contributed by atoms with van der Waals surface area (Å²) < 4.78 is 10.3. The monoisotopic (exact) mass is 552 g/mol. The van der Waals surface area contributed by atoms with Crippen LogP contribution in [0.3, 0.4) is 0 Å². The number of nitrogens with one attached hydrogen (secondary N) is 4. The van der Waals surface area contributed by atoms with E-state index in [0.717, 1.165) is 0 Å². The molecule has 3 heterocycles. The minimum atomic E-state index is -1.05. The molecule has 1 spiro atoms. The zero-order valence-corrected chi connectivity index (χ0v) is 21.6. The first-order chi connectivity index (χ1) is 18.8. The number of methoxy groups -OCH3 is 1. The Morgan fingerprint density at radius 1 is 1.21 bits per heavy atom. The Hall–Kier alpha value is -4.58. The number of anilines is 2. The molecule has 1 saturated heterocycles. The maximum absolute atomic E-state index is 13.8. The number of H-pyrrole nitrogens is 1. The molecule has 12 nitrogen and oxygen atoms in total. The molecule has 2 aromatic carbocycles. The van der Waals surface area contributed by atoms with E-state index in [1.165, 1.54) is 19.2 Å². The average Bonchev–Trinajstić information content (AvgIpc) is 3.59. The van der Waals surface area contributed by atoms with Crippen molar-refractivity contribution in [2.24, 2.45) is 0 Å². The second-order valence-corrected chi connectivity index (χ2v) is 9.65. The van der Waals surface area contributed by atoms with Crippen molar-refractivity contribution in [2.75, 3.05) is 30.8 Å². The smallest absolute Gasteiger partial charge is 0.412 e. The number of likely N-dealkylation sites (tertiary alicyclic amines) is 1. The van der Waals surface area contributed by atoms with E-state index in [0.29, 0.717) is 46.2 Å². The van der Waals surface area contributed by atoms with E-state index in [2.05, 4.69) is 30.9 Å². The molecule has 0 aliphatic carbocycles. The standard InChI is InChI=1S/C26H25ClN6O6/c1-38-24(36)29-17-5-2-15(3-6-17)22(34)30-21(13-18-8-10-28-32-18)23(35)33-11-9-26(14-33)19-12-16(27)4-7-20(19)31-25(37)39-26/h2-8,10,12,21H,9,11,13-14H2,1H3,(H,28,32)(H,29,36)(H,30,34)(H,31,37). The van der Waals surface area contributed by atoms with E-state index >= 15 is 0 Å². The summed E-state index contributed by atoms with van der Waals surface area (Å²) in [5, 5.41) is 15.2. The van der Waals surface area contributed by atoms with Gasteiger partial charge in [-0.3, -0.25) is 25.3 Å². The summed E-state index contributed by atoms with van der Waals surface area (Å²) in [5.41, 5.74) is 1.62. The first kappa shape index (κ1) is 26.0. The molecule has 4 N–H and O–H groups in total. The highest BCUT2D eigenvalue weighted by Gasteiger charge is 2.49. The van der Waals surface area contributed by atoms with Crippen molar-refractivity contribution in [2.45, 2.75) is 24.5 Å². The molecule has 1 aromatic heterocycles. The Balaban J connectivity index is 1.35. The summed E-state index contributed by atoms with van der Waals surface area (Å²) in [6.45, 7) is 0.414. The van der Waals surface area contributed by atoms with E-state index < -0.39 is 29.7 Å². The lowest BCUT2D eigenvalue weighted by Crippen LogP contribution is -2.50. The Morgan fingerprint density at radius 2 is 2.00 bits per heavy atom. The molecule has 0 radical (unpaired) electrons. The number of carbonyl (C=O) groups excluding carboxylic acids is 4. The zero-order chi connectivity index (χ0) is 27.6. The maximum Gasteiger partial charge on any atom is 0.412 e. The van der Waals surface area contributed by atoms with E-state index in [-0.39, 0.29) is 18.9 Å². The van der Waals surface area contributed by atoms with E-state index in [4.69, 9.17) is 16.3 Å². The predicted molar refractivity (Wildman–Crippen MR) is 140 cm³/mol. The Labute approximate surface area is 228 Å². The first-order valence-electron chi connectivity index (χ1n) is 12.1. The van der Waals surface area contributed by atoms with Crippen LogP contribution in [-0.4, -0.2) is 65.3 Å². The molecule has 0 saturated carbocycles. The van der Waals surface area contributed by atoms with Crippen LogP contribution in [0.5, 0.6) is 0 Å². The van der Waals surface area contributed by atoms with E-state index in [9.17, 15) is 19.2 Å². The number of fused-ring (bicyclic) bond motifs is 2. The van der Waals surface area contributed by atoms with Gasteiger partial charge < -0.3 is 19.7 Å². The number of ether oxygens (including phenoxy) is 2. The third kappa shape index (κ3) is 5.50. The topological polar surface area (TPSA) is 155 Å². The number of rotatable bonds is 6. The average molecular weight is 553 g/mol. The van der Waals surface area contributed by atoms with Crippen LogP contribution in [0.4, 0.5) is 21.0 Å². The molecule has 1 fully saturated rings. The summed E-state index contributed by atoms with van der Waals surface area (Å²) in [7, 11) is 1.25. The van der Waals surface area contributed by atoms with E-state index in [1.807, 2.05) is 0 Å². The third-order valence-electron chi connectivity index (χ3n) is 6.71. The number of carbonyl (C=O) groups is 4. The van der Waals surface area contributed by atoms with Crippen LogP contribution in [0, 0.1) is 0 Å². The minimum Gasteiger partial charge on any atom is -0.453 e. The quantitative estimate of drug-likeness (QED) is 0.366. The second kappa shape index (κ2) is 10.7. The van der Waals surface area contributed by atoms with Crippen LogP contribution in [0.25, 0.3) is 0 Å². The minimum absolute atomic E-state index is 0.107. The molecular weight excluding hydrogens is 528 g/mol. The summed E-state index contributed by atoms with van der Waals surface area (Å²) in [6, 6.07) is 12.0. The molecule has 39 heavy (non-hydrogen) atoms. The van der Waals surface area contributed by atoms with Crippen molar-refractivity contribution >= 4 is 47.0 Å². The predicted octanol–water partition coefficient (Wildman–Crippen LogP) is 3.27. The van der Waals surface area contributed by atoms with E-state index in [1.54, 1.807) is 47.5 Å². The highest BCUT2D eigenvalue weighted by molar-refractivity contribution is 6.30. The normalized spacial score (nSPS) is 18.5. The lowest BCUT2D eigenvalue weighted by atomic mass is 9.90. The van der Waals surface area contributed by atoms with Crippen LogP contribution in [-0.2, 0) is 26.3 Å². The molecule has 5 rings (SSSR count). The molecule has 0 bridgehead atoms. The fourth-order valence-corrected chi connectivity index (χ4v) is 4.97. The van der Waals surface area contributed by atoms with Gasteiger partial charge in [0, 0.05) is 53.1 Å². The molecular formula is C26H25ClN6O6. The molecule has 2 unspecified atom stereocenters. The Bertz CT molecular complexity index is 1410. The zero-order valence-electron chi connectivity index (χ0n) is 20.8. The number of benzene rings is 2. The number of nitrogens with zero attached hydrogens (tertiary/aromatic N) is 2. The van der Waals surface area contributed by atoms with Crippen LogP contribution in [0.1, 0.15) is 28.0 Å². The highest BCUT2D eigenvalue weighted by Crippen LogP contribution is 2.43. The summed E-state index contributed by atoms with van der Waals surface area (Å²) in [6.07, 6.45) is 0.862. The number of hydrogen-bond donors (Lipinski definition) is 4. The van der Waals surface area contributed by atoms with Gasteiger partial charge in [0.25, 0.3) is 5.91 Å². The Morgan fingerprint density at radius 3 is 2.72 bits per heavy atom. The van der Waals surface area contributed by atoms with Gasteiger partial charge in [0.15, 0.2) is 5.60 Å². The van der Waals surface area contributed by atoms with Crippen LogP contribution < -0.4 is 16.0 Å². The SMILES string of the molecule is COC(=O)Nc1ccc(C(=O)NC(Cc2ccn[nH]2)C(=O)N2CCC3(C2)OC(=O)Nc2ccc(Cl)cc23)cc1. The summed E-state index contributed by atoms with van der Waals surface area (Å²) >= 11 is 6.23. The second-order valence-electron chi connectivity index (χ2n) is 9.21. The fourth-order valence-electron chi connectivity index (χ4n) is 4.80. The van der Waals surface area contributed by atoms with Gasteiger partial charge in [0.2, 0.25) is 5.91 Å². The highest BCUT2D eigenvalue weighted by atomic mass is 35.5. The molecule has 2 atom stereocenters. The van der Waals surface area contributed by atoms with Crippen LogP contribution in [0.15, 0.2) is 54.7 Å². The number of aromatic amines is 1. The lowest BCUT2D eigenvalue weighted by molar-refractivity contribution is -0.133. The fraction of sp³-hybridized carbons (Fsp3) is 0.269. The van der Waals surface area contributed by atoms with Gasteiger partial charge >= 0.3 is 12.2 Å². The third-order valence-corrected chi connectivity index (χ3v) is 6.94. The van der Waals surface area contributed by atoms with Gasteiger partial charge in [-0.1, -0.05) is 11.6 Å². The molecule has 202 valence electrons.